The van der Waals surface area contributed by atoms with Crippen LogP contribution in [0.1, 0.15) is 67.2 Å². The number of piperidine rings is 1. The molecule has 2 fully saturated rings. The molecule has 1 aliphatic carbocycles. The van der Waals surface area contributed by atoms with E-state index in [2.05, 4.69) is 18.7 Å². The van der Waals surface area contributed by atoms with Crippen LogP contribution >= 0.6 is 0 Å². The van der Waals surface area contributed by atoms with E-state index in [9.17, 15) is 9.90 Å². The van der Waals surface area contributed by atoms with Gasteiger partial charge in [0.15, 0.2) is 0 Å². The van der Waals surface area contributed by atoms with E-state index in [0.717, 1.165) is 56.0 Å². The minimum absolute atomic E-state index is 0.0431. The molecule has 0 radical (unpaired) electrons. The summed E-state index contributed by atoms with van der Waals surface area (Å²) in [6.45, 7) is 7.05. The summed E-state index contributed by atoms with van der Waals surface area (Å²) in [5.41, 5.74) is 2.91. The summed E-state index contributed by atoms with van der Waals surface area (Å²) in [7, 11) is 1.74. The maximum Gasteiger partial charge on any atom is 0.256 e. The predicted molar refractivity (Wildman–Crippen MR) is 104 cm³/mol. The first-order chi connectivity index (χ1) is 13.0. The molecule has 6 heteroatoms. The van der Waals surface area contributed by atoms with Crippen molar-refractivity contribution < 1.29 is 14.6 Å². The van der Waals surface area contributed by atoms with Gasteiger partial charge in [0.2, 0.25) is 0 Å². The number of fused-ring (bicyclic) bond motifs is 1. The Hall–Kier alpha value is -1.66. The van der Waals surface area contributed by atoms with E-state index in [1.54, 1.807) is 11.9 Å². The van der Waals surface area contributed by atoms with Crippen molar-refractivity contribution >= 4 is 11.7 Å². The third kappa shape index (κ3) is 3.45. The third-order valence-electron chi connectivity index (χ3n) is 6.51. The number of anilines is 1. The summed E-state index contributed by atoms with van der Waals surface area (Å²) in [6, 6.07) is 1.65. The van der Waals surface area contributed by atoms with Gasteiger partial charge in [0.1, 0.15) is 5.82 Å². The van der Waals surface area contributed by atoms with Crippen LogP contribution in [0.3, 0.4) is 0 Å². The first-order valence-corrected chi connectivity index (χ1v) is 10.2. The molecule has 27 heavy (non-hydrogen) atoms. The van der Waals surface area contributed by atoms with E-state index >= 15 is 0 Å². The highest BCUT2D eigenvalue weighted by Gasteiger charge is 2.39. The van der Waals surface area contributed by atoms with E-state index < -0.39 is 0 Å². The molecule has 2 aliphatic heterocycles. The van der Waals surface area contributed by atoms with E-state index in [1.165, 1.54) is 12.8 Å². The van der Waals surface area contributed by atoms with Crippen LogP contribution < -0.4 is 4.90 Å². The zero-order valence-corrected chi connectivity index (χ0v) is 16.7. The fraction of sp³-hybridized carbons (Fsp3) is 0.714. The molecule has 1 saturated carbocycles. The van der Waals surface area contributed by atoms with Crippen molar-refractivity contribution in [2.45, 2.75) is 58.1 Å². The fourth-order valence-electron chi connectivity index (χ4n) is 4.15. The third-order valence-corrected chi connectivity index (χ3v) is 6.51. The molecule has 1 amide bonds. The van der Waals surface area contributed by atoms with Gasteiger partial charge in [-0.05, 0) is 49.1 Å². The average molecular weight is 373 g/mol. The zero-order valence-electron chi connectivity index (χ0n) is 16.7. The van der Waals surface area contributed by atoms with E-state index in [-0.39, 0.29) is 18.6 Å². The minimum atomic E-state index is -0.336. The van der Waals surface area contributed by atoms with Gasteiger partial charge in [-0.2, -0.15) is 0 Å². The average Bonchev–Trinajstić information content (AvgIpc) is 3.38. The Balaban J connectivity index is 1.49. The Bertz CT molecular complexity index is 724. The highest BCUT2D eigenvalue weighted by atomic mass is 16.5. The largest absolute Gasteiger partial charge is 0.394 e. The lowest BCUT2D eigenvalue weighted by atomic mass is 10.0. The Morgan fingerprint density at radius 3 is 2.63 bits per heavy atom. The first-order valence-electron chi connectivity index (χ1n) is 10.2. The lowest BCUT2D eigenvalue weighted by Crippen LogP contribution is -2.38. The van der Waals surface area contributed by atoms with Gasteiger partial charge in [0, 0.05) is 20.1 Å². The van der Waals surface area contributed by atoms with Gasteiger partial charge >= 0.3 is 0 Å². The van der Waals surface area contributed by atoms with Gasteiger partial charge in [-0.15, -0.1) is 0 Å². The van der Waals surface area contributed by atoms with E-state index in [1.807, 2.05) is 6.07 Å². The molecule has 0 bridgehead atoms. The van der Waals surface area contributed by atoms with Crippen LogP contribution in [-0.4, -0.2) is 60.4 Å². The number of aromatic nitrogens is 1. The summed E-state index contributed by atoms with van der Waals surface area (Å²) in [5.74, 6) is 0.934. The molecule has 1 aromatic heterocycles. The van der Waals surface area contributed by atoms with Crippen LogP contribution in [0, 0.1) is 5.41 Å². The van der Waals surface area contributed by atoms with Crippen molar-refractivity contribution in [2.75, 3.05) is 38.3 Å². The predicted octanol–water partition coefficient (Wildman–Crippen LogP) is 2.55. The fourth-order valence-corrected chi connectivity index (χ4v) is 4.15. The number of hydrogen-bond donors (Lipinski definition) is 1. The molecule has 4 rings (SSSR count). The van der Waals surface area contributed by atoms with Crippen molar-refractivity contribution in [1.29, 1.82) is 0 Å². The Morgan fingerprint density at radius 1 is 1.33 bits per heavy atom. The molecule has 3 aliphatic rings. The molecule has 0 aromatic carbocycles. The quantitative estimate of drug-likeness (QED) is 0.830. The molecular weight excluding hydrogens is 342 g/mol. The first kappa shape index (κ1) is 18.7. The minimum Gasteiger partial charge on any atom is -0.394 e. The number of aryl methyl sites for hydroxylation is 1. The number of carbonyl (C=O) groups excluding carboxylic acids is 1. The maximum atomic E-state index is 12.5. The lowest BCUT2D eigenvalue weighted by molar-refractivity contribution is 0.0126. The second-order valence-electron chi connectivity index (χ2n) is 8.68. The molecule has 3 heterocycles. The number of nitrogens with zero attached hydrogens (tertiary/aromatic N) is 3. The number of hydrogen-bond acceptors (Lipinski definition) is 5. The second-order valence-corrected chi connectivity index (χ2v) is 8.68. The maximum absolute atomic E-state index is 12.5. The van der Waals surface area contributed by atoms with Crippen molar-refractivity contribution in [3.05, 3.63) is 22.9 Å². The van der Waals surface area contributed by atoms with Gasteiger partial charge in [-0.1, -0.05) is 13.8 Å². The molecular formula is C21H31N3O3. The van der Waals surface area contributed by atoms with Gasteiger partial charge < -0.3 is 19.6 Å². The van der Waals surface area contributed by atoms with Gasteiger partial charge in [-0.25, -0.2) is 4.98 Å². The van der Waals surface area contributed by atoms with Crippen molar-refractivity contribution in [3.8, 4) is 0 Å². The Labute approximate surface area is 161 Å². The van der Waals surface area contributed by atoms with E-state index in [0.29, 0.717) is 17.1 Å². The smallest absolute Gasteiger partial charge is 0.256 e. The van der Waals surface area contributed by atoms with Crippen molar-refractivity contribution in [2.24, 2.45) is 5.41 Å². The van der Waals surface area contributed by atoms with E-state index in [4.69, 9.17) is 9.72 Å². The van der Waals surface area contributed by atoms with Gasteiger partial charge in [0.05, 0.1) is 36.6 Å². The van der Waals surface area contributed by atoms with Crippen molar-refractivity contribution in [1.82, 2.24) is 9.88 Å². The number of amides is 1. The molecule has 1 N–H and O–H groups in total. The zero-order chi connectivity index (χ0) is 19.2. The van der Waals surface area contributed by atoms with Crippen LogP contribution in [0.15, 0.2) is 6.07 Å². The standard InChI is InChI=1S/C21H31N3O3/c1-4-14-11-16-18(17(12-25)23(3)20(16)26)22-19(14)24-9-5-15(6-10-24)27-13-21(2)7-8-21/h11,15,17,25H,4-10,12-13H2,1-3H3/t17-/m1/s1. The number of rotatable bonds is 6. The topological polar surface area (TPSA) is 65.9 Å². The van der Waals surface area contributed by atoms with Crippen LogP contribution in [0.2, 0.25) is 0 Å². The van der Waals surface area contributed by atoms with Crippen LogP contribution in [0.4, 0.5) is 5.82 Å². The number of aliphatic hydroxyl groups excluding tert-OH is 1. The van der Waals surface area contributed by atoms with Crippen molar-refractivity contribution in [3.63, 3.8) is 0 Å². The summed E-state index contributed by atoms with van der Waals surface area (Å²) >= 11 is 0. The summed E-state index contributed by atoms with van der Waals surface area (Å²) in [4.78, 5) is 21.3. The molecule has 1 saturated heterocycles. The molecule has 1 aromatic rings. The number of pyridine rings is 1. The molecule has 1 atom stereocenters. The Morgan fingerprint density at radius 2 is 2.04 bits per heavy atom. The monoisotopic (exact) mass is 373 g/mol. The van der Waals surface area contributed by atoms with Gasteiger partial charge in [0.25, 0.3) is 5.91 Å². The lowest BCUT2D eigenvalue weighted by Gasteiger charge is -2.34. The molecule has 0 unspecified atom stereocenters. The normalized spacial score (nSPS) is 24.4. The SMILES string of the molecule is CCc1cc2c(nc1N1CCC(OCC3(C)CC3)CC1)[C@@H](CO)N(C)C2=O. The summed E-state index contributed by atoms with van der Waals surface area (Å²) < 4.78 is 6.16. The highest BCUT2D eigenvalue weighted by molar-refractivity contribution is 5.99. The number of ether oxygens (including phenoxy) is 1. The molecule has 6 nitrogen and oxygen atoms in total. The Kier molecular flexibility index (Phi) is 4.89. The summed E-state index contributed by atoms with van der Waals surface area (Å²) in [6.07, 6.45) is 5.80. The number of carbonyl (C=O) groups is 1. The van der Waals surface area contributed by atoms with Crippen LogP contribution in [0.5, 0.6) is 0 Å². The van der Waals surface area contributed by atoms with Crippen LogP contribution in [0.25, 0.3) is 0 Å². The van der Waals surface area contributed by atoms with Gasteiger partial charge in [-0.3, -0.25) is 4.79 Å². The molecule has 0 spiro atoms. The second kappa shape index (κ2) is 7.06. The summed E-state index contributed by atoms with van der Waals surface area (Å²) in [5, 5.41) is 9.73. The molecule has 148 valence electrons. The number of likely N-dealkylation sites (N-methyl/N-ethyl adjacent to an activating group) is 1. The van der Waals surface area contributed by atoms with Crippen LogP contribution in [-0.2, 0) is 11.2 Å². The highest BCUT2D eigenvalue weighted by Crippen LogP contribution is 2.45. The number of aliphatic hydroxyl groups is 1.